The van der Waals surface area contributed by atoms with Gasteiger partial charge in [-0.05, 0) is 44.0 Å². The van der Waals surface area contributed by atoms with Gasteiger partial charge in [0.05, 0.1) is 11.1 Å². The van der Waals surface area contributed by atoms with Gasteiger partial charge in [0, 0.05) is 29.5 Å². The minimum absolute atomic E-state index is 0.0722. The Morgan fingerprint density at radius 2 is 2.35 bits per heavy atom. The van der Waals surface area contributed by atoms with Crippen molar-refractivity contribution < 1.29 is 9.90 Å². The van der Waals surface area contributed by atoms with Crippen molar-refractivity contribution >= 4 is 33.3 Å². The minimum Gasteiger partial charge on any atom is -0.393 e. The van der Waals surface area contributed by atoms with Crippen LogP contribution in [0.5, 0.6) is 0 Å². The first kappa shape index (κ1) is 16.0. The van der Waals surface area contributed by atoms with Crippen LogP contribution in [0.15, 0.2) is 22.7 Å². The van der Waals surface area contributed by atoms with Crippen molar-refractivity contribution in [2.24, 2.45) is 5.92 Å². The van der Waals surface area contributed by atoms with Gasteiger partial charge in [-0.2, -0.15) is 0 Å². The average molecular weight is 361 g/mol. The number of rotatable bonds is 5. The molecule has 0 aliphatic carbocycles. The summed E-state index contributed by atoms with van der Waals surface area (Å²) in [4.78, 5) is 14.4. The largest absolute Gasteiger partial charge is 0.393 e. The Morgan fingerprint density at radius 1 is 1.60 bits per heavy atom. The molecule has 1 heterocycles. The zero-order valence-corrected chi connectivity index (χ0v) is 13.8. The monoisotopic (exact) mass is 359 g/mol. The number of benzene rings is 1. The lowest BCUT2D eigenvalue weighted by molar-refractivity contribution is 0.0963. The van der Waals surface area contributed by atoms with Crippen molar-refractivity contribution in [1.82, 2.24) is 4.90 Å². The Hall–Kier alpha value is -0.420. The average Bonchev–Trinajstić information content (AvgIpc) is 2.85. The van der Waals surface area contributed by atoms with Crippen LogP contribution < -0.4 is 0 Å². The van der Waals surface area contributed by atoms with E-state index in [2.05, 4.69) is 20.8 Å². The van der Waals surface area contributed by atoms with Gasteiger partial charge in [0.2, 0.25) is 0 Å². The first-order valence-electron chi connectivity index (χ1n) is 6.86. The maximum absolute atomic E-state index is 12.2. The van der Waals surface area contributed by atoms with E-state index in [1.165, 1.54) is 0 Å². The van der Waals surface area contributed by atoms with Gasteiger partial charge in [0.15, 0.2) is 5.78 Å². The van der Waals surface area contributed by atoms with Crippen LogP contribution in [0.1, 0.15) is 30.1 Å². The summed E-state index contributed by atoms with van der Waals surface area (Å²) >= 11 is 9.42. The minimum atomic E-state index is -0.267. The molecule has 1 fully saturated rings. The Morgan fingerprint density at radius 3 is 2.95 bits per heavy atom. The fourth-order valence-electron chi connectivity index (χ4n) is 2.57. The molecule has 2 unspecified atom stereocenters. The van der Waals surface area contributed by atoms with Gasteiger partial charge in [-0.3, -0.25) is 4.79 Å². The van der Waals surface area contributed by atoms with Gasteiger partial charge in [-0.15, -0.1) is 0 Å². The zero-order chi connectivity index (χ0) is 14.7. The van der Waals surface area contributed by atoms with Crippen LogP contribution in [0.3, 0.4) is 0 Å². The molecule has 1 N–H and O–H groups in total. The number of ketones is 1. The molecule has 2 rings (SSSR count). The quantitative estimate of drug-likeness (QED) is 0.818. The number of hydrogen-bond donors (Lipinski definition) is 1. The van der Waals surface area contributed by atoms with Gasteiger partial charge in [0.25, 0.3) is 0 Å². The molecule has 0 bridgehead atoms. The lowest BCUT2D eigenvalue weighted by atomic mass is 10.0. The summed E-state index contributed by atoms with van der Waals surface area (Å²) in [6, 6.07) is 5.34. The fraction of sp³-hybridized carbons (Fsp3) is 0.533. The highest BCUT2D eigenvalue weighted by atomic mass is 79.9. The molecule has 3 nitrogen and oxygen atoms in total. The number of carbonyl (C=O) groups excluding carboxylic acids is 1. The summed E-state index contributed by atoms with van der Waals surface area (Å²) in [5, 5.41) is 10.1. The van der Waals surface area contributed by atoms with E-state index >= 15 is 0 Å². The van der Waals surface area contributed by atoms with E-state index in [0.717, 1.165) is 30.5 Å². The third-order valence-corrected chi connectivity index (χ3v) is 4.68. The fourth-order valence-corrected chi connectivity index (χ4v) is 3.35. The molecular formula is C15H19BrClNO2. The van der Waals surface area contributed by atoms with E-state index < -0.39 is 0 Å². The summed E-state index contributed by atoms with van der Waals surface area (Å²) < 4.78 is 0.873. The predicted molar refractivity (Wildman–Crippen MR) is 84.3 cm³/mol. The molecule has 20 heavy (non-hydrogen) atoms. The molecule has 1 aromatic rings. The van der Waals surface area contributed by atoms with Crippen LogP contribution in [-0.2, 0) is 0 Å². The molecule has 1 aliphatic rings. The summed E-state index contributed by atoms with van der Waals surface area (Å²) in [5.41, 5.74) is 0.584. The van der Waals surface area contributed by atoms with E-state index in [0.29, 0.717) is 22.9 Å². The Balaban J connectivity index is 1.87. The van der Waals surface area contributed by atoms with Gasteiger partial charge >= 0.3 is 0 Å². The predicted octanol–water partition coefficient (Wildman–Crippen LogP) is 3.38. The summed E-state index contributed by atoms with van der Waals surface area (Å²) in [6.45, 7) is 4.39. The highest BCUT2D eigenvalue weighted by Crippen LogP contribution is 2.24. The first-order chi connectivity index (χ1) is 9.47. The van der Waals surface area contributed by atoms with Crippen molar-refractivity contribution in [2.75, 3.05) is 19.6 Å². The van der Waals surface area contributed by atoms with Gasteiger partial charge in [-0.1, -0.05) is 27.5 Å². The number of carbonyl (C=O) groups is 1. The van der Waals surface area contributed by atoms with Crippen LogP contribution in [0.4, 0.5) is 0 Å². The van der Waals surface area contributed by atoms with E-state index in [4.69, 9.17) is 11.6 Å². The molecule has 1 saturated heterocycles. The van der Waals surface area contributed by atoms with E-state index in [1.54, 1.807) is 12.1 Å². The second kappa shape index (κ2) is 7.03. The summed E-state index contributed by atoms with van der Waals surface area (Å²) in [5.74, 6) is 0.407. The molecule has 1 aliphatic heterocycles. The maximum atomic E-state index is 12.2. The summed E-state index contributed by atoms with van der Waals surface area (Å²) in [6.07, 6.45) is 1.20. The number of likely N-dealkylation sites (tertiary alicyclic amines) is 1. The SMILES string of the molecule is CC(O)C1CCN(CCC(=O)c2ccc(Br)cc2Cl)C1. The first-order valence-corrected chi connectivity index (χ1v) is 8.03. The molecule has 0 aromatic heterocycles. The smallest absolute Gasteiger partial charge is 0.165 e. The van der Waals surface area contributed by atoms with E-state index in [9.17, 15) is 9.90 Å². The number of hydrogen-bond acceptors (Lipinski definition) is 3. The molecule has 2 atom stereocenters. The number of nitrogens with zero attached hydrogens (tertiary/aromatic N) is 1. The van der Waals surface area contributed by atoms with Crippen molar-refractivity contribution in [3.8, 4) is 0 Å². The molecular weight excluding hydrogens is 342 g/mol. The van der Waals surface area contributed by atoms with Crippen LogP contribution in [0, 0.1) is 5.92 Å². The van der Waals surface area contributed by atoms with Crippen molar-refractivity contribution in [1.29, 1.82) is 0 Å². The number of aliphatic hydroxyl groups is 1. The highest BCUT2D eigenvalue weighted by Gasteiger charge is 2.26. The molecule has 110 valence electrons. The number of Topliss-reactive ketones (excluding diaryl/α,β-unsaturated/α-hetero) is 1. The topological polar surface area (TPSA) is 40.5 Å². The molecule has 0 spiro atoms. The lowest BCUT2D eigenvalue weighted by Gasteiger charge is -2.17. The number of aliphatic hydroxyl groups excluding tert-OH is 1. The molecule has 5 heteroatoms. The number of halogens is 2. The Bertz CT molecular complexity index is 493. The van der Waals surface area contributed by atoms with Crippen molar-refractivity contribution in [2.45, 2.75) is 25.9 Å². The van der Waals surface area contributed by atoms with E-state index in [-0.39, 0.29) is 11.9 Å². The van der Waals surface area contributed by atoms with Gasteiger partial charge in [0.1, 0.15) is 0 Å². The van der Waals surface area contributed by atoms with Crippen molar-refractivity contribution in [3.05, 3.63) is 33.3 Å². The summed E-state index contributed by atoms with van der Waals surface area (Å²) in [7, 11) is 0. The van der Waals surface area contributed by atoms with Crippen LogP contribution in [0.2, 0.25) is 5.02 Å². The molecule has 0 saturated carbocycles. The van der Waals surface area contributed by atoms with Crippen LogP contribution in [0.25, 0.3) is 0 Å². The second-order valence-electron chi connectivity index (χ2n) is 5.39. The normalized spacial score (nSPS) is 21.1. The molecule has 0 amide bonds. The second-order valence-corrected chi connectivity index (χ2v) is 6.71. The van der Waals surface area contributed by atoms with Gasteiger partial charge < -0.3 is 10.0 Å². The third-order valence-electron chi connectivity index (χ3n) is 3.88. The zero-order valence-electron chi connectivity index (χ0n) is 11.5. The lowest BCUT2D eigenvalue weighted by Crippen LogP contribution is -2.26. The van der Waals surface area contributed by atoms with Crippen LogP contribution in [-0.4, -0.2) is 41.5 Å². The maximum Gasteiger partial charge on any atom is 0.165 e. The highest BCUT2D eigenvalue weighted by molar-refractivity contribution is 9.10. The Labute approximate surface area is 133 Å². The molecule has 0 radical (unpaired) electrons. The third kappa shape index (κ3) is 4.04. The van der Waals surface area contributed by atoms with Crippen LogP contribution >= 0.6 is 27.5 Å². The van der Waals surface area contributed by atoms with Gasteiger partial charge in [-0.25, -0.2) is 0 Å². The standard InChI is InChI=1S/C15H19BrClNO2/c1-10(19)11-4-6-18(9-11)7-5-15(20)13-3-2-12(16)8-14(13)17/h2-3,8,10-11,19H,4-7,9H2,1H3. The molecule has 1 aromatic carbocycles. The van der Waals surface area contributed by atoms with E-state index in [1.807, 2.05) is 13.0 Å². The van der Waals surface area contributed by atoms with Crippen molar-refractivity contribution in [3.63, 3.8) is 0 Å². The Kier molecular flexibility index (Phi) is 5.61.